The number of nitrogens with one attached hydrogen (secondary N) is 3. The number of amides is 3. The van der Waals surface area contributed by atoms with Crippen LogP contribution in [0.1, 0.15) is 252 Å². The van der Waals surface area contributed by atoms with Gasteiger partial charge in [-0.05, 0) is 12.8 Å². The smallest absolute Gasteiger partial charge is 0.364 e. The Balaban J connectivity index is 1.44. The van der Waals surface area contributed by atoms with Crippen molar-refractivity contribution in [2.24, 2.45) is 0 Å². The van der Waals surface area contributed by atoms with E-state index in [1.165, 1.54) is 128 Å². The zero-order valence-electron chi connectivity index (χ0n) is 66.3. The fourth-order valence-corrected chi connectivity index (χ4v) is 15.0. The highest BCUT2D eigenvalue weighted by molar-refractivity contribution is 5.81. The van der Waals surface area contributed by atoms with Crippen LogP contribution in [0.25, 0.3) is 0 Å². The van der Waals surface area contributed by atoms with Gasteiger partial charge in [0.15, 0.2) is 12.6 Å². The monoisotopic (exact) mass is 1620 g/mol. The van der Waals surface area contributed by atoms with Crippen molar-refractivity contribution in [1.82, 2.24) is 16.0 Å². The molecule has 4 heterocycles. The summed E-state index contributed by atoms with van der Waals surface area (Å²) in [7, 11) is 1.06. The van der Waals surface area contributed by atoms with E-state index in [1.807, 2.05) is 0 Å². The quantitative estimate of drug-likeness (QED) is 0.0368. The third-order valence-corrected chi connectivity index (χ3v) is 21.9. The summed E-state index contributed by atoms with van der Waals surface area (Å²) in [5, 5.41) is 206. The lowest BCUT2D eigenvalue weighted by atomic mass is 9.88. The van der Waals surface area contributed by atoms with Gasteiger partial charge in [-0.15, -0.1) is 0 Å². The minimum atomic E-state index is -3.39. The second kappa shape index (κ2) is 54.4. The Morgan fingerprint density at radius 3 is 1.38 bits per heavy atom. The maximum absolute atomic E-state index is 13.8. The maximum atomic E-state index is 13.8. The van der Waals surface area contributed by atoms with E-state index in [0.29, 0.717) is 12.8 Å². The van der Waals surface area contributed by atoms with E-state index >= 15 is 0 Å². The van der Waals surface area contributed by atoms with Crippen molar-refractivity contribution >= 4 is 29.7 Å². The van der Waals surface area contributed by atoms with Crippen LogP contribution in [0.3, 0.4) is 0 Å². The highest BCUT2D eigenvalue weighted by Gasteiger charge is 2.61. The van der Waals surface area contributed by atoms with Crippen molar-refractivity contribution in [2.75, 3.05) is 46.8 Å². The van der Waals surface area contributed by atoms with Gasteiger partial charge in [0.2, 0.25) is 17.7 Å². The molecule has 0 radical (unpaired) electrons. The molecule has 26 atom stereocenters. The number of carbonyl (C=O) groups is 5. The van der Waals surface area contributed by atoms with Gasteiger partial charge in [0.25, 0.3) is 11.6 Å². The highest BCUT2D eigenvalue weighted by Crippen LogP contribution is 2.40. The molecular weight excluding hydrogens is 1480 g/mol. The second-order valence-corrected chi connectivity index (χ2v) is 30.9. The van der Waals surface area contributed by atoms with Crippen molar-refractivity contribution in [3.63, 3.8) is 0 Å². The lowest BCUT2D eigenvalue weighted by molar-refractivity contribution is -0.386. The molecule has 4 aliphatic rings. The van der Waals surface area contributed by atoms with Crippen molar-refractivity contribution in [3.8, 4) is 0 Å². The molecule has 4 saturated heterocycles. The Bertz CT molecular complexity index is 2570. The van der Waals surface area contributed by atoms with Gasteiger partial charge in [0.05, 0.1) is 69.5 Å². The number of ether oxygens (including phenoxy) is 9. The molecule has 0 aromatic rings. The third-order valence-electron chi connectivity index (χ3n) is 21.9. The van der Waals surface area contributed by atoms with Gasteiger partial charge in [-0.3, -0.25) is 14.4 Å². The second-order valence-electron chi connectivity index (χ2n) is 30.9. The molecule has 4 rings (SSSR count). The first-order chi connectivity index (χ1) is 53.6. The Hall–Kier alpha value is -3.65. The molecule has 0 spiro atoms. The number of methoxy groups -OCH3 is 1. The van der Waals surface area contributed by atoms with Crippen molar-refractivity contribution in [2.45, 2.75) is 410 Å². The SMILES string of the molecule is CCCCCCCCCCCCCCCCCCCCCC[C@@H](O)C(=O)N[C@@H](CO[C@@H]1O[C@H](CO)[C@@H](O[C@H]2O[C@H](CO)[C@H](O)[C@H](O[C@]3(C(=O)O)C[C@H](O)[C@@H](NC(=O)CO[C@]4(C(=O)O)C[C@H](O)[C@@H](NC(C)=O)[C@H]([C@H](O)[C@@H](CO)OC)O4)[C@H](C(O)C(O)CO)O3)[C@H]2O)[C@H](O)[C@H]1O)[C@H](O)[C@H](O)CCCCCCCCCCCCCC. The summed E-state index contributed by atoms with van der Waals surface area (Å²) in [6, 6.07) is -5.11. The third kappa shape index (κ3) is 32.6. The van der Waals surface area contributed by atoms with Gasteiger partial charge in [0, 0.05) is 26.9 Å². The predicted octanol–water partition coefficient (Wildman–Crippen LogP) is 0.472. The molecule has 3 amide bonds. The van der Waals surface area contributed by atoms with E-state index in [0.717, 1.165) is 78.2 Å². The number of aliphatic hydroxyl groups excluding tert-OH is 16. The van der Waals surface area contributed by atoms with Gasteiger partial charge >= 0.3 is 11.9 Å². The average Bonchev–Trinajstić information content (AvgIpc) is 0.747. The lowest BCUT2D eigenvalue weighted by Gasteiger charge is -2.50. The number of hydrogen-bond acceptors (Lipinski definition) is 30. The standard InChI is InChI=1S/C77H141N3O32/c1-5-7-9-11-13-15-17-19-20-21-22-23-24-25-26-28-30-32-34-36-38-50(87)71(99)79-48(60(92)49(86)37-35-33-31-29-27-18-16-14-12-10-8-6-2)45-105-72-65(97)64(96)67(56(44-84)108-72)109-73-66(98)70(63(95)55(43-83)107-73)112-77(75(102)103)40-52(89)59(68(111-77)61(93)53(90)41-81)80-57(91)46-106-76(74(100)101)39-51(88)58(78-47(3)85)69(110-76)62(94)54(42-82)104-4/h48-56,58-70,72-73,81-84,86-90,92-98H,5-46H2,1-4H3,(H,78,85)(H,79,99)(H,80,91)(H,100,101)(H,102,103)/t48-,49+,50+,51-,52-,53?,54+,55+,56+,58+,59+,60-,61?,62+,63-,64+,65+,66+,67+,68+,69+,70-,72+,73+,76+,77-/m0/s1. The Labute approximate surface area is 658 Å². The summed E-state index contributed by atoms with van der Waals surface area (Å²) in [5.41, 5.74) is 0. The molecule has 112 heavy (non-hydrogen) atoms. The molecule has 0 aromatic carbocycles. The first-order valence-corrected chi connectivity index (χ1v) is 41.3. The van der Waals surface area contributed by atoms with Crippen molar-refractivity contribution < 1.29 is 159 Å². The molecule has 4 aliphatic heterocycles. The van der Waals surface area contributed by atoms with E-state index in [1.54, 1.807) is 0 Å². The predicted molar refractivity (Wildman–Crippen MR) is 400 cm³/mol. The minimum absolute atomic E-state index is 0.0899. The number of hydrogen-bond donors (Lipinski definition) is 21. The van der Waals surface area contributed by atoms with Crippen LogP contribution in [0, 0.1) is 0 Å². The van der Waals surface area contributed by atoms with Gasteiger partial charge in [-0.1, -0.05) is 219 Å². The summed E-state index contributed by atoms with van der Waals surface area (Å²) in [5.74, 6) is -13.7. The van der Waals surface area contributed by atoms with Crippen LogP contribution in [0.15, 0.2) is 0 Å². The summed E-state index contributed by atoms with van der Waals surface area (Å²) in [4.78, 5) is 65.9. The van der Waals surface area contributed by atoms with Crippen LogP contribution >= 0.6 is 0 Å². The average molecular weight is 1620 g/mol. The Morgan fingerprint density at radius 2 is 0.929 bits per heavy atom. The molecular formula is C77H141N3O32. The number of rotatable bonds is 61. The molecule has 21 N–H and O–H groups in total. The van der Waals surface area contributed by atoms with Crippen LogP contribution in [-0.2, 0) is 66.6 Å². The lowest BCUT2D eigenvalue weighted by Crippen LogP contribution is -2.71. The zero-order chi connectivity index (χ0) is 82.9. The van der Waals surface area contributed by atoms with E-state index in [2.05, 4.69) is 29.8 Å². The van der Waals surface area contributed by atoms with Crippen LogP contribution in [0.2, 0.25) is 0 Å². The molecule has 0 aliphatic carbocycles. The molecule has 656 valence electrons. The molecule has 0 aromatic heterocycles. The molecule has 4 fully saturated rings. The van der Waals surface area contributed by atoms with E-state index in [9.17, 15) is 116 Å². The molecule has 0 saturated carbocycles. The molecule has 0 bridgehead atoms. The Morgan fingerprint density at radius 1 is 0.491 bits per heavy atom. The maximum Gasteiger partial charge on any atom is 0.364 e. The fraction of sp³-hybridized carbons (Fsp3) is 0.935. The van der Waals surface area contributed by atoms with Crippen LogP contribution in [0.4, 0.5) is 0 Å². The Kier molecular flexibility index (Phi) is 48.9. The number of aliphatic carboxylic acids is 2. The summed E-state index contributed by atoms with van der Waals surface area (Å²) in [6.07, 6.45) is -8.50. The van der Waals surface area contributed by atoms with Crippen LogP contribution < -0.4 is 16.0 Å². The molecule has 35 heteroatoms. The number of unbranched alkanes of at least 4 members (excludes halogenated alkanes) is 30. The van der Waals surface area contributed by atoms with E-state index < -0.39 is 240 Å². The minimum Gasteiger partial charge on any atom is -0.477 e. The number of aliphatic hydroxyl groups is 16. The van der Waals surface area contributed by atoms with E-state index in [4.69, 9.17) is 42.6 Å². The summed E-state index contributed by atoms with van der Waals surface area (Å²) >= 11 is 0. The first kappa shape index (κ1) is 101. The van der Waals surface area contributed by atoms with E-state index in [-0.39, 0.29) is 12.8 Å². The van der Waals surface area contributed by atoms with Crippen molar-refractivity contribution in [1.29, 1.82) is 0 Å². The normalized spacial score (nSPS) is 30.5. The highest BCUT2D eigenvalue weighted by atomic mass is 16.8. The molecule has 2 unspecified atom stereocenters. The van der Waals surface area contributed by atoms with Crippen molar-refractivity contribution in [3.05, 3.63) is 0 Å². The van der Waals surface area contributed by atoms with Gasteiger partial charge in [0.1, 0.15) is 104 Å². The van der Waals surface area contributed by atoms with Crippen LogP contribution in [0.5, 0.6) is 0 Å². The number of carbonyl (C=O) groups excluding carboxylic acids is 3. The molecule has 35 nitrogen and oxygen atoms in total. The van der Waals surface area contributed by atoms with Gasteiger partial charge < -0.3 is 150 Å². The van der Waals surface area contributed by atoms with Gasteiger partial charge in [-0.25, -0.2) is 9.59 Å². The van der Waals surface area contributed by atoms with Crippen LogP contribution in [-0.4, -0.2) is 327 Å². The van der Waals surface area contributed by atoms with Gasteiger partial charge in [-0.2, -0.15) is 0 Å². The first-order valence-electron chi connectivity index (χ1n) is 41.3. The number of carboxylic acid groups (broad SMARTS) is 2. The topological polar surface area (TPSA) is 569 Å². The number of carboxylic acids is 2. The zero-order valence-corrected chi connectivity index (χ0v) is 66.3. The fourth-order valence-electron chi connectivity index (χ4n) is 15.0. The largest absolute Gasteiger partial charge is 0.477 e. The summed E-state index contributed by atoms with van der Waals surface area (Å²) in [6.45, 7) is -1.04. The summed E-state index contributed by atoms with van der Waals surface area (Å²) < 4.78 is 51.0.